The van der Waals surface area contributed by atoms with Crippen molar-refractivity contribution in [3.63, 3.8) is 0 Å². The fraction of sp³-hybridized carbons (Fsp3) is 0.625. The molecule has 4 heteroatoms. The van der Waals surface area contributed by atoms with Crippen molar-refractivity contribution < 1.29 is 8.78 Å². The van der Waals surface area contributed by atoms with E-state index >= 15 is 0 Å². The second-order valence-corrected chi connectivity index (χ2v) is 3.64. The van der Waals surface area contributed by atoms with Crippen molar-refractivity contribution in [2.45, 2.75) is 32.7 Å². The van der Waals surface area contributed by atoms with Crippen molar-refractivity contribution in [3.8, 4) is 0 Å². The first-order valence-corrected chi connectivity index (χ1v) is 3.75. The van der Waals surface area contributed by atoms with Gasteiger partial charge in [0, 0.05) is 6.20 Å². The molecule has 1 aromatic heterocycles. The molecule has 0 saturated carbocycles. The van der Waals surface area contributed by atoms with E-state index in [0.29, 0.717) is 0 Å². The highest BCUT2D eigenvalue weighted by Gasteiger charge is 2.21. The van der Waals surface area contributed by atoms with E-state index in [2.05, 4.69) is 5.10 Å². The first-order chi connectivity index (χ1) is 5.43. The number of halogens is 2. The topological polar surface area (TPSA) is 17.8 Å². The summed E-state index contributed by atoms with van der Waals surface area (Å²) in [5, 5.41) is 3.85. The summed E-state index contributed by atoms with van der Waals surface area (Å²) in [6.45, 7) is 5.52. The Morgan fingerprint density at radius 1 is 1.42 bits per heavy atom. The number of rotatable bonds is 1. The minimum Gasteiger partial charge on any atom is -0.259 e. The predicted molar refractivity (Wildman–Crippen MR) is 42.2 cm³/mol. The summed E-state index contributed by atoms with van der Waals surface area (Å²) < 4.78 is 26.0. The first-order valence-electron chi connectivity index (χ1n) is 3.75. The lowest BCUT2D eigenvalue weighted by molar-refractivity contribution is 0.130. The van der Waals surface area contributed by atoms with Crippen molar-refractivity contribution >= 4 is 0 Å². The van der Waals surface area contributed by atoms with Crippen LogP contribution in [0.2, 0.25) is 0 Å². The molecule has 0 aliphatic heterocycles. The van der Waals surface area contributed by atoms with E-state index in [1.165, 1.54) is 16.9 Å². The van der Waals surface area contributed by atoms with Gasteiger partial charge in [-0.15, -0.1) is 0 Å². The Balaban J connectivity index is 3.08. The van der Waals surface area contributed by atoms with Crippen LogP contribution in [-0.4, -0.2) is 9.78 Å². The van der Waals surface area contributed by atoms with E-state index in [0.717, 1.165) is 0 Å². The third-order valence-corrected chi connectivity index (χ3v) is 1.53. The van der Waals surface area contributed by atoms with Crippen LogP contribution < -0.4 is 0 Å². The first kappa shape index (κ1) is 9.16. The largest absolute Gasteiger partial charge is 0.280 e. The molecule has 0 saturated heterocycles. The minimum absolute atomic E-state index is 0.0255. The summed E-state index contributed by atoms with van der Waals surface area (Å²) in [6, 6.07) is 1.34. The molecule has 0 N–H and O–H groups in total. The van der Waals surface area contributed by atoms with Gasteiger partial charge in [-0.1, -0.05) is 0 Å². The third-order valence-electron chi connectivity index (χ3n) is 1.53. The molecular weight excluding hydrogens is 162 g/mol. The van der Waals surface area contributed by atoms with Gasteiger partial charge in [0.05, 0.1) is 5.54 Å². The zero-order valence-corrected chi connectivity index (χ0v) is 7.38. The third kappa shape index (κ3) is 1.62. The van der Waals surface area contributed by atoms with Gasteiger partial charge < -0.3 is 0 Å². The van der Waals surface area contributed by atoms with Gasteiger partial charge in [-0.05, 0) is 26.8 Å². The molecule has 0 radical (unpaired) electrons. The lowest BCUT2D eigenvalue weighted by atomic mass is 10.1. The molecule has 0 amide bonds. The average Bonchev–Trinajstić information content (AvgIpc) is 2.30. The van der Waals surface area contributed by atoms with Gasteiger partial charge in [0.25, 0.3) is 6.43 Å². The van der Waals surface area contributed by atoms with E-state index in [1.54, 1.807) is 0 Å². The lowest BCUT2D eigenvalue weighted by Gasteiger charge is -2.21. The molecular formula is C8H12F2N2. The van der Waals surface area contributed by atoms with Crippen LogP contribution in [0.25, 0.3) is 0 Å². The molecule has 0 aromatic carbocycles. The summed E-state index contributed by atoms with van der Waals surface area (Å²) in [6.07, 6.45) is -1.06. The Labute approximate surface area is 70.2 Å². The van der Waals surface area contributed by atoms with Crippen molar-refractivity contribution in [3.05, 3.63) is 18.0 Å². The van der Waals surface area contributed by atoms with Crippen LogP contribution in [-0.2, 0) is 5.54 Å². The van der Waals surface area contributed by atoms with Crippen LogP contribution in [0, 0.1) is 0 Å². The number of hydrogen-bond donors (Lipinski definition) is 0. The summed E-state index contributed by atoms with van der Waals surface area (Å²) in [4.78, 5) is 0. The maximum Gasteiger partial charge on any atom is 0.280 e. The standard InChI is InChI=1S/C8H12F2N2/c1-8(2,3)12-6(7(9)10)4-5-11-12/h4-5,7H,1-3H3. The van der Waals surface area contributed by atoms with Gasteiger partial charge in [0.15, 0.2) is 0 Å². The number of aromatic nitrogens is 2. The van der Waals surface area contributed by atoms with Gasteiger partial charge in [-0.3, -0.25) is 4.68 Å². The lowest BCUT2D eigenvalue weighted by Crippen LogP contribution is -2.25. The Kier molecular flexibility index (Phi) is 2.17. The highest BCUT2D eigenvalue weighted by Crippen LogP contribution is 2.23. The van der Waals surface area contributed by atoms with E-state index in [-0.39, 0.29) is 11.2 Å². The second kappa shape index (κ2) is 2.84. The normalized spacial score (nSPS) is 12.5. The molecule has 0 atom stereocenters. The summed E-state index contributed by atoms with van der Waals surface area (Å²) in [5.41, 5.74) is -0.405. The van der Waals surface area contributed by atoms with Gasteiger partial charge in [0.1, 0.15) is 5.69 Å². The SMILES string of the molecule is CC(C)(C)n1nccc1C(F)F. The highest BCUT2D eigenvalue weighted by atomic mass is 19.3. The minimum atomic E-state index is -2.45. The van der Waals surface area contributed by atoms with Gasteiger partial charge >= 0.3 is 0 Å². The maximum absolute atomic E-state index is 12.3. The van der Waals surface area contributed by atoms with Crippen LogP contribution in [0.1, 0.15) is 32.9 Å². The Bertz CT molecular complexity index is 260. The maximum atomic E-state index is 12.3. The smallest absolute Gasteiger partial charge is 0.259 e. The van der Waals surface area contributed by atoms with Gasteiger partial charge in [0.2, 0.25) is 0 Å². The van der Waals surface area contributed by atoms with Crippen molar-refractivity contribution in [2.75, 3.05) is 0 Å². The quantitative estimate of drug-likeness (QED) is 0.639. The Morgan fingerprint density at radius 2 is 2.00 bits per heavy atom. The average molecular weight is 174 g/mol. The van der Waals surface area contributed by atoms with Crippen LogP contribution in [0.5, 0.6) is 0 Å². The molecule has 0 fully saturated rings. The summed E-state index contributed by atoms with van der Waals surface area (Å²) in [7, 11) is 0. The van der Waals surface area contributed by atoms with Crippen LogP contribution in [0.3, 0.4) is 0 Å². The van der Waals surface area contributed by atoms with E-state index in [4.69, 9.17) is 0 Å². The van der Waals surface area contributed by atoms with E-state index < -0.39 is 6.43 Å². The van der Waals surface area contributed by atoms with Crippen LogP contribution in [0.4, 0.5) is 8.78 Å². The molecule has 12 heavy (non-hydrogen) atoms. The molecule has 68 valence electrons. The molecule has 0 aliphatic rings. The number of hydrogen-bond acceptors (Lipinski definition) is 1. The van der Waals surface area contributed by atoms with Crippen molar-refractivity contribution in [1.29, 1.82) is 0 Å². The van der Waals surface area contributed by atoms with E-state index in [9.17, 15) is 8.78 Å². The molecule has 0 unspecified atom stereocenters. The summed E-state index contributed by atoms with van der Waals surface area (Å²) in [5.74, 6) is 0. The fourth-order valence-corrected chi connectivity index (χ4v) is 1.04. The molecule has 0 bridgehead atoms. The fourth-order valence-electron chi connectivity index (χ4n) is 1.04. The second-order valence-electron chi connectivity index (χ2n) is 3.64. The molecule has 1 aromatic rings. The van der Waals surface area contributed by atoms with E-state index in [1.807, 2.05) is 20.8 Å². The zero-order valence-electron chi connectivity index (χ0n) is 7.38. The molecule has 0 aliphatic carbocycles. The number of nitrogens with zero attached hydrogens (tertiary/aromatic N) is 2. The Morgan fingerprint density at radius 3 is 2.33 bits per heavy atom. The molecule has 1 rings (SSSR count). The predicted octanol–water partition coefficient (Wildman–Crippen LogP) is 2.58. The number of alkyl halides is 2. The molecule has 2 nitrogen and oxygen atoms in total. The summed E-state index contributed by atoms with van der Waals surface area (Å²) >= 11 is 0. The van der Waals surface area contributed by atoms with Gasteiger partial charge in [-0.2, -0.15) is 5.10 Å². The van der Waals surface area contributed by atoms with Crippen molar-refractivity contribution in [1.82, 2.24) is 9.78 Å². The molecule has 1 heterocycles. The molecule has 0 spiro atoms. The van der Waals surface area contributed by atoms with Gasteiger partial charge in [-0.25, -0.2) is 8.78 Å². The monoisotopic (exact) mass is 174 g/mol. The van der Waals surface area contributed by atoms with Crippen LogP contribution in [0.15, 0.2) is 12.3 Å². The highest BCUT2D eigenvalue weighted by molar-refractivity contribution is 5.04. The van der Waals surface area contributed by atoms with Crippen LogP contribution >= 0.6 is 0 Å². The zero-order chi connectivity index (χ0) is 9.35. The van der Waals surface area contributed by atoms with Crippen molar-refractivity contribution in [2.24, 2.45) is 0 Å². The Hall–Kier alpha value is -0.930.